The second-order valence-electron chi connectivity index (χ2n) is 7.67. The summed E-state index contributed by atoms with van der Waals surface area (Å²) in [5.74, 6) is -0.00412. The van der Waals surface area contributed by atoms with Crippen LogP contribution in [0.5, 0.6) is 0 Å². The van der Waals surface area contributed by atoms with Gasteiger partial charge >= 0.3 is 0 Å². The summed E-state index contributed by atoms with van der Waals surface area (Å²) >= 11 is 7.60. The molecule has 0 unspecified atom stereocenters. The Morgan fingerprint density at radius 3 is 2.29 bits per heavy atom. The fraction of sp³-hybridized carbons (Fsp3) is 0.154. The number of hydrogen-bond acceptors (Lipinski definition) is 3. The van der Waals surface area contributed by atoms with Gasteiger partial charge in [0, 0.05) is 10.8 Å². The zero-order valence-corrected chi connectivity index (χ0v) is 19.2. The van der Waals surface area contributed by atoms with E-state index >= 15 is 0 Å². The van der Waals surface area contributed by atoms with E-state index in [-0.39, 0.29) is 11.8 Å². The molecule has 0 spiro atoms. The summed E-state index contributed by atoms with van der Waals surface area (Å²) in [4.78, 5) is 28.9. The van der Waals surface area contributed by atoms with Gasteiger partial charge in [0.1, 0.15) is 0 Å². The number of aryl methyl sites for hydroxylation is 3. The van der Waals surface area contributed by atoms with Gasteiger partial charge in [0.05, 0.1) is 16.2 Å². The van der Waals surface area contributed by atoms with Crippen molar-refractivity contribution < 1.29 is 9.59 Å². The van der Waals surface area contributed by atoms with Crippen molar-refractivity contribution in [3.05, 3.63) is 104 Å². The molecule has 0 fully saturated rings. The maximum atomic E-state index is 13.6. The van der Waals surface area contributed by atoms with Crippen LogP contribution >= 0.6 is 23.4 Å². The van der Waals surface area contributed by atoms with Gasteiger partial charge in [-0.2, -0.15) is 0 Å². The number of anilines is 1. The molecule has 0 bridgehead atoms. The molecule has 31 heavy (non-hydrogen) atoms. The molecule has 0 saturated heterocycles. The number of carbonyl (C=O) groups excluding carboxylic acids is 2. The molecular formula is C26H22ClNO2S. The fourth-order valence-corrected chi connectivity index (χ4v) is 4.97. The predicted octanol–water partition coefficient (Wildman–Crippen LogP) is 6.48. The van der Waals surface area contributed by atoms with E-state index in [0.717, 1.165) is 27.8 Å². The molecule has 0 saturated carbocycles. The Morgan fingerprint density at radius 1 is 0.839 bits per heavy atom. The van der Waals surface area contributed by atoms with Crippen molar-refractivity contribution in [1.82, 2.24) is 0 Å². The number of amides is 2. The van der Waals surface area contributed by atoms with E-state index in [1.165, 1.54) is 16.7 Å². The average Bonchev–Trinajstić information content (AvgIpc) is 2.98. The lowest BCUT2D eigenvalue weighted by molar-refractivity contribution is -0.119. The molecule has 1 aliphatic rings. The summed E-state index contributed by atoms with van der Waals surface area (Å²) in [6.07, 6.45) is 0. The number of carbonyl (C=O) groups is 2. The third-order valence-corrected chi connectivity index (χ3v) is 6.71. The Morgan fingerprint density at radius 2 is 1.58 bits per heavy atom. The zero-order chi connectivity index (χ0) is 22.1. The number of hydrogen-bond donors (Lipinski definition) is 0. The van der Waals surface area contributed by atoms with Gasteiger partial charge in [-0.1, -0.05) is 71.8 Å². The van der Waals surface area contributed by atoms with Crippen molar-refractivity contribution in [3.8, 4) is 0 Å². The summed E-state index contributed by atoms with van der Waals surface area (Å²) in [5.41, 5.74) is 5.78. The molecule has 2 amide bonds. The lowest BCUT2D eigenvalue weighted by Gasteiger charge is -2.18. The molecule has 1 heterocycles. The minimum absolute atomic E-state index is 0.300. The molecule has 0 atom stereocenters. The van der Waals surface area contributed by atoms with Gasteiger partial charge in [0.15, 0.2) is 0 Å². The van der Waals surface area contributed by atoms with Crippen LogP contribution in [0.4, 0.5) is 5.69 Å². The van der Waals surface area contributed by atoms with Gasteiger partial charge in [-0.3, -0.25) is 9.59 Å². The average molecular weight is 448 g/mol. The van der Waals surface area contributed by atoms with Crippen molar-refractivity contribution in [2.24, 2.45) is 0 Å². The van der Waals surface area contributed by atoms with E-state index in [4.69, 9.17) is 11.6 Å². The van der Waals surface area contributed by atoms with Gasteiger partial charge in [-0.05, 0) is 55.2 Å². The van der Waals surface area contributed by atoms with Gasteiger partial charge in [0.25, 0.3) is 11.8 Å². The summed E-state index contributed by atoms with van der Waals surface area (Å²) < 4.78 is 0. The van der Waals surface area contributed by atoms with E-state index in [2.05, 4.69) is 0 Å². The number of nitrogens with zero attached hydrogens (tertiary/aromatic N) is 1. The number of rotatable bonds is 5. The number of halogens is 1. The van der Waals surface area contributed by atoms with Crippen molar-refractivity contribution >= 4 is 46.4 Å². The Balaban J connectivity index is 1.81. The van der Waals surface area contributed by atoms with Gasteiger partial charge < -0.3 is 0 Å². The van der Waals surface area contributed by atoms with E-state index < -0.39 is 0 Å². The molecule has 5 heteroatoms. The molecule has 3 aromatic rings. The maximum Gasteiger partial charge on any atom is 0.272 e. The van der Waals surface area contributed by atoms with Crippen LogP contribution < -0.4 is 4.90 Å². The van der Waals surface area contributed by atoms with Crippen molar-refractivity contribution in [1.29, 1.82) is 0 Å². The first-order valence-electron chi connectivity index (χ1n) is 10.0. The smallest absolute Gasteiger partial charge is 0.268 e. The van der Waals surface area contributed by atoms with Crippen LogP contribution in [0.2, 0.25) is 5.02 Å². The maximum absolute atomic E-state index is 13.6. The molecule has 1 aliphatic heterocycles. The van der Waals surface area contributed by atoms with Crippen LogP contribution in [0.1, 0.15) is 27.8 Å². The minimum atomic E-state index is -0.308. The standard InChI is InChI=1S/C26H22ClNO2S/c1-16-9-12-21(18(3)13-16)23-24(31-15-19-7-5-4-6-8-19)26(30)28(25(23)29)22-14-20(27)11-10-17(22)2/h4-14H,15H2,1-3H3. The number of thioether (sulfide) groups is 1. The SMILES string of the molecule is Cc1ccc(C2=C(SCc3ccccc3)C(=O)N(c3cc(Cl)ccc3C)C2=O)c(C)c1. The molecule has 0 radical (unpaired) electrons. The molecule has 156 valence electrons. The molecule has 0 N–H and O–H groups in total. The molecule has 0 aliphatic carbocycles. The summed E-state index contributed by atoms with van der Waals surface area (Å²) in [7, 11) is 0. The van der Waals surface area contributed by atoms with E-state index in [0.29, 0.717) is 26.9 Å². The number of benzene rings is 3. The first-order valence-corrected chi connectivity index (χ1v) is 11.4. The predicted molar refractivity (Wildman–Crippen MR) is 129 cm³/mol. The highest BCUT2D eigenvalue weighted by atomic mass is 35.5. The van der Waals surface area contributed by atoms with E-state index in [1.54, 1.807) is 12.1 Å². The topological polar surface area (TPSA) is 37.4 Å². The third kappa shape index (κ3) is 4.18. The van der Waals surface area contributed by atoms with Crippen molar-refractivity contribution in [2.75, 3.05) is 4.90 Å². The largest absolute Gasteiger partial charge is 0.272 e. The monoisotopic (exact) mass is 447 g/mol. The van der Waals surface area contributed by atoms with Crippen LogP contribution in [0.25, 0.3) is 5.57 Å². The first kappa shape index (κ1) is 21.4. The van der Waals surface area contributed by atoms with Crippen LogP contribution in [0.3, 0.4) is 0 Å². The van der Waals surface area contributed by atoms with Crippen molar-refractivity contribution in [3.63, 3.8) is 0 Å². The van der Waals surface area contributed by atoms with Gasteiger partial charge in [-0.15, -0.1) is 11.8 Å². The Hall–Kier alpha value is -2.82. The lowest BCUT2D eigenvalue weighted by atomic mass is 9.98. The molecule has 3 aromatic carbocycles. The Labute approximate surface area is 191 Å². The highest BCUT2D eigenvalue weighted by molar-refractivity contribution is 8.03. The fourth-order valence-electron chi connectivity index (χ4n) is 3.75. The van der Waals surface area contributed by atoms with Crippen LogP contribution in [-0.2, 0) is 15.3 Å². The Kier molecular flexibility index (Phi) is 6.03. The van der Waals surface area contributed by atoms with Crippen LogP contribution in [0.15, 0.2) is 71.6 Å². The quantitative estimate of drug-likeness (QED) is 0.420. The van der Waals surface area contributed by atoms with Crippen molar-refractivity contribution in [2.45, 2.75) is 26.5 Å². The normalized spacial score (nSPS) is 14.0. The van der Waals surface area contributed by atoms with Crippen LogP contribution in [0, 0.1) is 20.8 Å². The van der Waals surface area contributed by atoms with E-state index in [9.17, 15) is 9.59 Å². The molecule has 0 aromatic heterocycles. The number of imide groups is 1. The second-order valence-corrected chi connectivity index (χ2v) is 9.10. The van der Waals surface area contributed by atoms with E-state index in [1.807, 2.05) is 75.4 Å². The molecular weight excluding hydrogens is 426 g/mol. The molecule has 4 rings (SSSR count). The highest BCUT2D eigenvalue weighted by Crippen LogP contribution is 2.41. The summed E-state index contributed by atoms with van der Waals surface area (Å²) in [6.45, 7) is 5.86. The van der Waals surface area contributed by atoms with Gasteiger partial charge in [-0.25, -0.2) is 4.90 Å². The molecule has 3 nitrogen and oxygen atoms in total. The first-order chi connectivity index (χ1) is 14.9. The third-order valence-electron chi connectivity index (χ3n) is 5.33. The summed E-state index contributed by atoms with van der Waals surface area (Å²) in [5, 5.41) is 0.486. The van der Waals surface area contributed by atoms with Crippen LogP contribution in [-0.4, -0.2) is 11.8 Å². The second kappa shape index (κ2) is 8.74. The van der Waals surface area contributed by atoms with Gasteiger partial charge in [0.2, 0.25) is 0 Å². The minimum Gasteiger partial charge on any atom is -0.268 e. The summed E-state index contributed by atoms with van der Waals surface area (Å²) in [6, 6.07) is 21.1. The zero-order valence-electron chi connectivity index (χ0n) is 17.6. The lowest BCUT2D eigenvalue weighted by Crippen LogP contribution is -2.32. The highest BCUT2D eigenvalue weighted by Gasteiger charge is 2.41. The Bertz CT molecular complexity index is 1220.